The van der Waals surface area contributed by atoms with Crippen molar-refractivity contribution in [2.45, 2.75) is 45.1 Å². The summed E-state index contributed by atoms with van der Waals surface area (Å²) in [7, 11) is -0.963. The van der Waals surface area contributed by atoms with Gasteiger partial charge in [0.1, 0.15) is 4.47 Å². The molecule has 1 heterocycles. The van der Waals surface area contributed by atoms with E-state index in [0.29, 0.717) is 0 Å². The van der Waals surface area contributed by atoms with E-state index in [1.54, 1.807) is 0 Å². The van der Waals surface area contributed by atoms with Crippen LogP contribution in [0.1, 0.15) is 26.5 Å². The van der Waals surface area contributed by atoms with Gasteiger partial charge in [0.25, 0.3) is 8.32 Å². The van der Waals surface area contributed by atoms with Gasteiger partial charge in [-0.1, -0.05) is 20.8 Å². The minimum absolute atomic E-state index is 0.0152. The number of halogens is 4. The molecule has 0 aliphatic rings. The molecule has 1 aromatic heterocycles. The third kappa shape index (κ3) is 3.33. The molecule has 3 nitrogen and oxygen atoms in total. The second kappa shape index (κ2) is 4.80. The molecule has 1 aromatic rings. The van der Waals surface area contributed by atoms with Crippen LogP contribution in [0.5, 0.6) is 5.88 Å². The fourth-order valence-corrected chi connectivity index (χ4v) is 2.96. The van der Waals surface area contributed by atoms with Crippen molar-refractivity contribution >= 4 is 24.2 Å². The molecule has 0 saturated heterocycles. The van der Waals surface area contributed by atoms with Gasteiger partial charge in [-0.05, 0) is 34.1 Å². The van der Waals surface area contributed by atoms with Crippen LogP contribution in [-0.4, -0.2) is 18.1 Å². The molecule has 0 atom stereocenters. The predicted octanol–water partition coefficient (Wildman–Crippen LogP) is 4.59. The van der Waals surface area contributed by atoms with E-state index in [4.69, 9.17) is 4.43 Å². The summed E-state index contributed by atoms with van der Waals surface area (Å²) < 4.78 is 45.0. The number of aromatic nitrogens is 2. The van der Waals surface area contributed by atoms with Gasteiger partial charge in [0.05, 0.1) is 0 Å². The Labute approximate surface area is 120 Å². The minimum atomic E-state index is -4.46. The Balaban J connectivity index is 3.20. The molecule has 0 N–H and O–H groups in total. The first-order valence-corrected chi connectivity index (χ1v) is 9.46. The molecule has 0 radical (unpaired) electrons. The summed E-state index contributed by atoms with van der Waals surface area (Å²) in [6.07, 6.45) is -4.46. The maximum Gasteiger partial charge on any atom is 0.434 e. The van der Waals surface area contributed by atoms with Gasteiger partial charge in [0, 0.05) is 7.05 Å². The maximum atomic E-state index is 12.9. The van der Waals surface area contributed by atoms with Gasteiger partial charge < -0.3 is 4.43 Å². The molecule has 0 saturated carbocycles. The highest BCUT2D eigenvalue weighted by molar-refractivity contribution is 9.10. The zero-order chi connectivity index (χ0) is 15.2. The Hall–Kier alpha value is -0.503. The van der Waals surface area contributed by atoms with Crippen molar-refractivity contribution in [1.82, 2.24) is 9.78 Å². The van der Waals surface area contributed by atoms with Crippen molar-refractivity contribution in [3.63, 3.8) is 0 Å². The van der Waals surface area contributed by atoms with E-state index in [0.717, 1.165) is 4.68 Å². The van der Waals surface area contributed by atoms with Crippen molar-refractivity contribution in [2.24, 2.45) is 7.05 Å². The smallest absolute Gasteiger partial charge is 0.434 e. The second-order valence-corrected chi connectivity index (χ2v) is 11.5. The number of aryl methyl sites for hydroxylation is 1. The molecule has 110 valence electrons. The Bertz CT molecular complexity index is 478. The summed E-state index contributed by atoms with van der Waals surface area (Å²) >= 11 is 2.95. The minimum Gasteiger partial charge on any atom is -0.529 e. The number of hydrogen-bond donors (Lipinski definition) is 0. The summed E-state index contributed by atoms with van der Waals surface area (Å²) in [6, 6.07) is 0. The van der Waals surface area contributed by atoms with E-state index in [1.807, 2.05) is 33.9 Å². The van der Waals surface area contributed by atoms with Crippen molar-refractivity contribution in [3.05, 3.63) is 10.2 Å². The molecule has 0 amide bonds. The maximum absolute atomic E-state index is 12.9. The Morgan fingerprint density at radius 3 is 2.00 bits per heavy atom. The van der Waals surface area contributed by atoms with E-state index in [1.165, 1.54) is 7.05 Å². The lowest BCUT2D eigenvalue weighted by molar-refractivity contribution is -0.144. The first kappa shape index (κ1) is 16.6. The van der Waals surface area contributed by atoms with Gasteiger partial charge in [-0.2, -0.15) is 13.2 Å². The lowest BCUT2D eigenvalue weighted by Gasteiger charge is -2.35. The van der Waals surface area contributed by atoms with Crippen molar-refractivity contribution in [2.75, 3.05) is 0 Å². The Kier molecular flexibility index (Phi) is 4.18. The van der Waals surface area contributed by atoms with Crippen molar-refractivity contribution in [3.8, 4) is 5.88 Å². The van der Waals surface area contributed by atoms with Crippen LogP contribution in [0.4, 0.5) is 13.2 Å². The standard InChI is InChI=1S/C11H18BrF3N2OSi/c1-10(2,3)19(5,6)18-9-7(12)8(11(13,14)15)17(4)16-9/h1-6H3. The summed E-state index contributed by atoms with van der Waals surface area (Å²) in [6.45, 7) is 9.96. The van der Waals surface area contributed by atoms with Gasteiger partial charge >= 0.3 is 6.18 Å². The highest BCUT2D eigenvalue weighted by atomic mass is 79.9. The fourth-order valence-electron chi connectivity index (χ4n) is 1.24. The van der Waals surface area contributed by atoms with Gasteiger partial charge in [0.2, 0.25) is 5.88 Å². The summed E-state index contributed by atoms with van der Waals surface area (Å²) in [5.41, 5.74) is -0.832. The molecule has 0 aliphatic carbocycles. The lowest BCUT2D eigenvalue weighted by atomic mass is 10.2. The monoisotopic (exact) mass is 358 g/mol. The third-order valence-electron chi connectivity index (χ3n) is 3.39. The zero-order valence-corrected chi connectivity index (χ0v) is 14.4. The highest BCUT2D eigenvalue weighted by Gasteiger charge is 2.43. The molecular formula is C11H18BrF3N2OSi. The van der Waals surface area contributed by atoms with Crippen LogP contribution < -0.4 is 4.43 Å². The molecule has 0 unspecified atom stereocenters. The average Bonchev–Trinajstić information content (AvgIpc) is 2.37. The molecule has 8 heteroatoms. The first-order valence-electron chi connectivity index (χ1n) is 5.76. The van der Waals surface area contributed by atoms with Crippen LogP contribution in [0, 0.1) is 0 Å². The molecule has 0 fully saturated rings. The van der Waals surface area contributed by atoms with Gasteiger partial charge in [-0.15, -0.1) is 5.10 Å². The zero-order valence-electron chi connectivity index (χ0n) is 11.8. The predicted molar refractivity (Wildman–Crippen MR) is 73.7 cm³/mol. The molecule has 1 rings (SSSR count). The Morgan fingerprint density at radius 2 is 1.68 bits per heavy atom. The van der Waals surface area contributed by atoms with Gasteiger partial charge in [-0.25, -0.2) is 0 Å². The molecular weight excluding hydrogens is 341 g/mol. The van der Waals surface area contributed by atoms with Crippen LogP contribution >= 0.6 is 15.9 Å². The van der Waals surface area contributed by atoms with Crippen LogP contribution in [0.2, 0.25) is 18.1 Å². The summed E-state index contributed by atoms with van der Waals surface area (Å²) in [5, 5.41) is 3.73. The average molecular weight is 359 g/mol. The largest absolute Gasteiger partial charge is 0.529 e. The van der Waals surface area contributed by atoms with Crippen LogP contribution in [0.15, 0.2) is 4.47 Å². The molecule has 0 spiro atoms. The van der Waals surface area contributed by atoms with Crippen molar-refractivity contribution < 1.29 is 17.6 Å². The molecule has 0 bridgehead atoms. The quantitative estimate of drug-likeness (QED) is 0.723. The van der Waals surface area contributed by atoms with Crippen molar-refractivity contribution in [1.29, 1.82) is 0 Å². The normalized spacial score (nSPS) is 13.8. The van der Waals surface area contributed by atoms with E-state index >= 15 is 0 Å². The first-order chi connectivity index (χ1) is 8.27. The SMILES string of the molecule is Cn1nc(O[Si](C)(C)C(C)(C)C)c(Br)c1C(F)(F)F. The topological polar surface area (TPSA) is 27.1 Å². The second-order valence-electron chi connectivity index (χ2n) is 5.95. The summed E-state index contributed by atoms with van der Waals surface area (Å²) in [5.74, 6) is 0.0152. The van der Waals surface area contributed by atoms with Crippen LogP contribution in [0.25, 0.3) is 0 Å². The number of hydrogen-bond acceptors (Lipinski definition) is 2. The van der Waals surface area contributed by atoms with Gasteiger partial charge in [0.15, 0.2) is 5.69 Å². The van der Waals surface area contributed by atoms with E-state index in [9.17, 15) is 13.2 Å². The number of alkyl halides is 3. The van der Waals surface area contributed by atoms with E-state index < -0.39 is 20.2 Å². The van der Waals surface area contributed by atoms with Crippen LogP contribution in [0.3, 0.4) is 0 Å². The highest BCUT2D eigenvalue weighted by Crippen LogP contribution is 2.43. The van der Waals surface area contributed by atoms with E-state index in [2.05, 4.69) is 21.0 Å². The van der Waals surface area contributed by atoms with Crippen LogP contribution in [-0.2, 0) is 13.2 Å². The van der Waals surface area contributed by atoms with E-state index in [-0.39, 0.29) is 15.4 Å². The van der Waals surface area contributed by atoms with Gasteiger partial charge in [-0.3, -0.25) is 4.68 Å². The molecule has 19 heavy (non-hydrogen) atoms. The molecule has 0 aromatic carbocycles. The molecule has 0 aliphatic heterocycles. The number of nitrogens with zero attached hydrogens (tertiary/aromatic N) is 2. The lowest BCUT2D eigenvalue weighted by Crippen LogP contribution is -2.44. The Morgan fingerprint density at radius 1 is 1.21 bits per heavy atom. The third-order valence-corrected chi connectivity index (χ3v) is 8.42. The fraction of sp³-hybridized carbons (Fsp3) is 0.727. The number of rotatable bonds is 2. The summed E-state index contributed by atoms with van der Waals surface area (Å²) in [4.78, 5) is 0.